The Morgan fingerprint density at radius 2 is 0.877 bits per heavy atom. The van der Waals surface area contributed by atoms with E-state index in [1.165, 1.54) is 0 Å². The molecule has 12 rings (SSSR count). The molecule has 0 amide bonds. The molecule has 10 aromatic rings. The van der Waals surface area contributed by atoms with Crippen LogP contribution in [0.1, 0.15) is 70.2 Å². The molecule has 0 saturated carbocycles. The average Bonchev–Trinajstić information content (AvgIpc) is 1.47. The van der Waals surface area contributed by atoms with Crippen LogP contribution in [0.2, 0.25) is 0 Å². The van der Waals surface area contributed by atoms with Crippen molar-refractivity contribution in [1.29, 1.82) is 0 Å². The number of furan rings is 1. The van der Waals surface area contributed by atoms with Crippen molar-refractivity contribution in [3.05, 3.63) is 234 Å². The fourth-order valence-corrected chi connectivity index (χ4v) is 7.48. The van der Waals surface area contributed by atoms with Crippen LogP contribution in [0.25, 0.3) is 66.4 Å². The number of hydrogen-bond donors (Lipinski definition) is 0. The van der Waals surface area contributed by atoms with Gasteiger partial charge in [0.2, 0.25) is 0 Å². The summed E-state index contributed by atoms with van der Waals surface area (Å²) in [6, 6.07) is -38.6. The Kier molecular flexibility index (Phi) is 2.76. The molecule has 266 valence electrons. The minimum Gasteiger partial charge on any atom is -0.455 e. The van der Waals surface area contributed by atoms with Gasteiger partial charge in [0.15, 0.2) is 0 Å². The van der Waals surface area contributed by atoms with Crippen molar-refractivity contribution in [1.82, 2.24) is 0 Å². The fraction of sp³-hybridized carbons (Fsp3) is 0.0182. The van der Waals surface area contributed by atoms with E-state index in [0.717, 1.165) is 0 Å². The highest BCUT2D eigenvalue weighted by molar-refractivity contribution is 6.09. The lowest BCUT2D eigenvalue weighted by molar-refractivity contribution is 0.670. The van der Waals surface area contributed by atoms with Gasteiger partial charge in [-0.05, 0) is 91.9 Å². The summed E-state index contributed by atoms with van der Waals surface area (Å²) in [6.45, 7) is 0. The molecule has 1 heterocycles. The SMILES string of the molecule is [2H]c1c([2H])c([2H])c(-c2c([2H])c([2H])c([2H])c([2H])c2N(c2c([2H])c([2H])c(-c3c([2H])c([2H])c([2H])c4c3oc3c([2H])c([2H])c([2H])c([2H])c34)c([2H])c2[2H])c2c([2H])c([2H])c3c(c2[2H])-c2c([2H])c([2H])c([2H])c([2H])c2C32c3c([2H])c([2H])c([2H])c([2H])c3-c3c([2H])c([2H])c([2H])c([2H])c32)c([2H])c1[2H]. The average molecular weight is 761 g/mol. The van der Waals surface area contributed by atoms with Crippen LogP contribution in [0.3, 0.4) is 0 Å². The summed E-state index contributed by atoms with van der Waals surface area (Å²) in [5.74, 6) is 0. The van der Waals surface area contributed by atoms with Crippen LogP contribution in [0.15, 0.2) is 216 Å². The van der Waals surface area contributed by atoms with Gasteiger partial charge in [0.25, 0.3) is 0 Å². The molecule has 0 N–H and O–H groups in total. The highest BCUT2D eigenvalue weighted by atomic mass is 16.3. The van der Waals surface area contributed by atoms with Crippen LogP contribution in [0, 0.1) is 0 Å². The van der Waals surface area contributed by atoms with Crippen molar-refractivity contribution >= 4 is 39.0 Å². The zero-order valence-electron chi connectivity index (χ0n) is 63.4. The molecule has 2 aliphatic carbocycles. The molecule has 0 atom stereocenters. The molecule has 0 saturated heterocycles. The van der Waals surface area contributed by atoms with Gasteiger partial charge < -0.3 is 9.32 Å². The van der Waals surface area contributed by atoms with E-state index in [9.17, 15) is 21.9 Å². The second-order valence-corrected chi connectivity index (χ2v) is 12.5. The quantitative estimate of drug-likeness (QED) is 0.174. The number of fused-ring (bicyclic) bond motifs is 13. The van der Waals surface area contributed by atoms with E-state index in [2.05, 4.69) is 0 Å². The van der Waals surface area contributed by atoms with Gasteiger partial charge in [-0.15, -0.1) is 0 Å². The second kappa shape index (κ2) is 12.3. The number of rotatable bonds is 5. The number of hydrogen-bond acceptors (Lipinski definition) is 2. The van der Waals surface area contributed by atoms with Gasteiger partial charge in [0.1, 0.15) is 11.2 Å². The molecule has 1 spiro atoms. The highest BCUT2D eigenvalue weighted by Gasteiger charge is 2.51. The largest absolute Gasteiger partial charge is 0.455 e. The first kappa shape index (κ1) is 12.8. The van der Waals surface area contributed by atoms with Crippen LogP contribution in [-0.4, -0.2) is 0 Å². The van der Waals surface area contributed by atoms with E-state index in [1.54, 1.807) is 0 Å². The third kappa shape index (κ3) is 4.53. The molecular formula is C55H35NO. The molecule has 2 nitrogen and oxygen atoms in total. The van der Waals surface area contributed by atoms with Gasteiger partial charge >= 0.3 is 0 Å². The van der Waals surface area contributed by atoms with Crippen molar-refractivity contribution in [3.8, 4) is 44.5 Å². The van der Waals surface area contributed by atoms with Crippen molar-refractivity contribution < 1.29 is 52.4 Å². The van der Waals surface area contributed by atoms with Gasteiger partial charge in [-0.2, -0.15) is 0 Å². The van der Waals surface area contributed by atoms with Crippen LogP contribution in [-0.2, 0) is 5.41 Å². The zero-order chi connectivity index (χ0) is 68.0. The molecule has 0 aliphatic heterocycles. The van der Waals surface area contributed by atoms with Crippen molar-refractivity contribution in [2.75, 3.05) is 4.90 Å². The van der Waals surface area contributed by atoms with Gasteiger partial charge in [-0.3, -0.25) is 0 Å². The van der Waals surface area contributed by atoms with Crippen LogP contribution < -0.4 is 4.90 Å². The van der Waals surface area contributed by atoms with Gasteiger partial charge in [0.05, 0.1) is 59.1 Å². The first-order chi connectivity index (χ1) is 42.8. The lowest BCUT2D eigenvalue weighted by Gasteiger charge is -2.31. The molecule has 57 heavy (non-hydrogen) atoms. The maximum absolute atomic E-state index is 10.6. The van der Waals surface area contributed by atoms with Crippen molar-refractivity contribution in [2.24, 2.45) is 0 Å². The molecular weight excluding hydrogens is 691 g/mol. The van der Waals surface area contributed by atoms with E-state index in [1.807, 2.05) is 0 Å². The Bertz CT molecular complexity index is 5120. The monoisotopic (exact) mass is 760 g/mol. The van der Waals surface area contributed by atoms with Crippen LogP contribution in [0.4, 0.5) is 17.1 Å². The number of para-hydroxylation sites is 3. The molecule has 0 radical (unpaired) electrons. The van der Waals surface area contributed by atoms with Gasteiger partial charge in [-0.25, -0.2) is 0 Å². The van der Waals surface area contributed by atoms with Crippen molar-refractivity contribution in [3.63, 3.8) is 0 Å². The summed E-state index contributed by atoms with van der Waals surface area (Å²) < 4.78 is 330. The number of benzene rings is 9. The predicted octanol–water partition coefficient (Wildman–Crippen LogP) is 14.7. The standard InChI is InChI=1S/C55H35NO/c1-2-15-36(16-3-1)40-17-7-12-27-52(40)56(38-31-29-37(30-32-38)41-22-14-23-46-45-21-8-13-28-53(45)57-54(41)46)39-33-34-51-47(35-39)44-20-6-11-26-50(44)55(51)48-24-9-4-18-42(48)43-19-5-10-25-49(43)55/h1-35H/i1D,2D,3D,4D,5D,6D,7D,8D,9D,10D,11D,12D,13D,14D,15D,16D,17D,18D,19D,20D,21D,22D,23D,24D,25D,26D,27D,28D,29D,30D,31D,32D,33D,34D,35D. The predicted molar refractivity (Wildman–Crippen MR) is 236 cm³/mol. The summed E-state index contributed by atoms with van der Waals surface area (Å²) in [7, 11) is 0. The zero-order valence-corrected chi connectivity index (χ0v) is 28.4. The Balaban J connectivity index is 1.33. The van der Waals surface area contributed by atoms with Gasteiger partial charge in [-0.1, -0.05) is 175 Å². The van der Waals surface area contributed by atoms with E-state index in [-0.39, 0.29) is 4.90 Å². The first-order valence-electron chi connectivity index (χ1n) is 34.3. The Morgan fingerprint density at radius 3 is 1.60 bits per heavy atom. The van der Waals surface area contributed by atoms with E-state index in [4.69, 9.17) is 30.5 Å². The maximum Gasteiger partial charge on any atom is 0.143 e. The molecule has 0 bridgehead atoms. The number of nitrogens with zero attached hydrogens (tertiary/aromatic N) is 1. The third-order valence-electron chi connectivity index (χ3n) is 9.75. The fourth-order valence-electron chi connectivity index (χ4n) is 7.48. The third-order valence-corrected chi connectivity index (χ3v) is 9.75. The van der Waals surface area contributed by atoms with E-state index < -0.39 is 323 Å². The summed E-state index contributed by atoms with van der Waals surface area (Å²) in [4.78, 5) is 0.276. The summed E-state index contributed by atoms with van der Waals surface area (Å²) in [5, 5.41) is -1.04. The van der Waals surface area contributed by atoms with Crippen molar-refractivity contribution in [2.45, 2.75) is 5.41 Å². The van der Waals surface area contributed by atoms with Crippen LogP contribution >= 0.6 is 0 Å². The molecule has 0 fully saturated rings. The molecule has 2 heteroatoms. The second-order valence-electron chi connectivity index (χ2n) is 12.5. The lowest BCUT2D eigenvalue weighted by atomic mass is 9.70. The van der Waals surface area contributed by atoms with Gasteiger partial charge in [0, 0.05) is 33.3 Å². The minimum atomic E-state index is -2.99. The highest BCUT2D eigenvalue weighted by Crippen LogP contribution is 2.63. The summed E-state index contributed by atoms with van der Waals surface area (Å²) in [6.07, 6.45) is 0. The number of anilines is 3. The van der Waals surface area contributed by atoms with E-state index >= 15 is 0 Å². The molecule has 0 unspecified atom stereocenters. The Morgan fingerprint density at radius 1 is 0.368 bits per heavy atom. The maximum atomic E-state index is 10.6. The normalized spacial score (nSPS) is 21.6. The Hall–Kier alpha value is -7.42. The lowest BCUT2D eigenvalue weighted by Crippen LogP contribution is -2.25. The minimum absolute atomic E-state index is 0.276. The summed E-state index contributed by atoms with van der Waals surface area (Å²) in [5.41, 5.74) is -18.5. The smallest absolute Gasteiger partial charge is 0.143 e. The van der Waals surface area contributed by atoms with E-state index in [0.29, 0.717) is 0 Å². The Labute approximate surface area is 380 Å². The molecule has 9 aromatic carbocycles. The van der Waals surface area contributed by atoms with Crippen LogP contribution in [0.5, 0.6) is 0 Å². The topological polar surface area (TPSA) is 16.4 Å². The molecule has 1 aromatic heterocycles. The first-order valence-corrected chi connectivity index (χ1v) is 16.8. The summed E-state index contributed by atoms with van der Waals surface area (Å²) >= 11 is 0. The molecule has 2 aliphatic rings.